The highest BCUT2D eigenvalue weighted by atomic mass is 32.1. The van der Waals surface area contributed by atoms with Crippen LogP contribution >= 0.6 is 11.3 Å². The van der Waals surface area contributed by atoms with Crippen molar-refractivity contribution < 1.29 is 27.6 Å². The van der Waals surface area contributed by atoms with E-state index in [1.807, 2.05) is 22.4 Å². The number of halogens is 3. The zero-order valence-corrected chi connectivity index (χ0v) is 22.4. The summed E-state index contributed by atoms with van der Waals surface area (Å²) in [6, 6.07) is 8.27. The molecule has 2 aliphatic heterocycles. The van der Waals surface area contributed by atoms with Crippen LogP contribution < -0.4 is 4.90 Å². The van der Waals surface area contributed by atoms with Gasteiger partial charge in [0.1, 0.15) is 0 Å². The van der Waals surface area contributed by atoms with E-state index in [4.69, 9.17) is 5.26 Å². The van der Waals surface area contributed by atoms with E-state index >= 15 is 0 Å². The highest BCUT2D eigenvalue weighted by Gasteiger charge is 2.39. The largest absolute Gasteiger partial charge is 0.417 e. The predicted molar refractivity (Wildman–Crippen MR) is 141 cm³/mol. The Bertz CT molecular complexity index is 1310. The van der Waals surface area contributed by atoms with Gasteiger partial charge in [0.25, 0.3) is 11.8 Å². The van der Waals surface area contributed by atoms with Crippen molar-refractivity contribution in [2.75, 3.05) is 37.6 Å². The van der Waals surface area contributed by atoms with Crippen molar-refractivity contribution in [3.05, 3.63) is 62.9 Å². The molecular weight excluding hydrogens is 529 g/mol. The molecule has 0 spiro atoms. The number of nitrogens with zero attached hydrogens (tertiary/aromatic N) is 4. The van der Waals surface area contributed by atoms with Crippen LogP contribution in [0.5, 0.6) is 0 Å². The number of thiophene rings is 1. The Kier molecular flexibility index (Phi) is 8.87. The fourth-order valence-corrected chi connectivity index (χ4v) is 5.62. The predicted octanol–water partition coefficient (Wildman–Crippen LogP) is 4.78. The maximum Gasteiger partial charge on any atom is 0.417 e. The minimum Gasteiger partial charge on any atom is -0.340 e. The van der Waals surface area contributed by atoms with Gasteiger partial charge >= 0.3 is 6.18 Å². The molecule has 206 valence electrons. The molecule has 0 radical (unpaired) electrons. The average Bonchev–Trinajstić information content (AvgIpc) is 3.49. The third kappa shape index (κ3) is 6.57. The Hall–Kier alpha value is -3.49. The normalized spacial score (nSPS) is 16.8. The first-order valence-electron chi connectivity index (χ1n) is 12.8. The molecule has 0 saturated carbocycles. The number of hydrogen-bond acceptors (Lipinski definition) is 6. The Labute approximate surface area is 229 Å². The number of benzene rings is 1. The van der Waals surface area contributed by atoms with E-state index < -0.39 is 29.1 Å². The molecule has 1 aromatic carbocycles. The van der Waals surface area contributed by atoms with Crippen molar-refractivity contribution in [1.82, 2.24) is 9.80 Å². The second-order valence-electron chi connectivity index (χ2n) is 9.68. The average molecular weight is 559 g/mol. The SMILES string of the molecule is CC1=C(CCCCCN2CCN(C(=O)Cc3cccs3)CC2)C(=O)N(c2ccc(C#N)c(C(F)(F)F)c2)C1=O. The lowest BCUT2D eigenvalue weighted by Gasteiger charge is -2.34. The lowest BCUT2D eigenvalue weighted by Crippen LogP contribution is -2.49. The number of hydrogen-bond donors (Lipinski definition) is 0. The molecule has 2 aliphatic rings. The topological polar surface area (TPSA) is 84.7 Å². The Morgan fingerprint density at radius 3 is 2.44 bits per heavy atom. The van der Waals surface area contributed by atoms with Gasteiger partial charge in [-0.25, -0.2) is 4.90 Å². The van der Waals surface area contributed by atoms with Crippen molar-refractivity contribution in [2.24, 2.45) is 0 Å². The van der Waals surface area contributed by atoms with E-state index in [1.165, 1.54) is 19.1 Å². The molecule has 4 rings (SSSR count). The highest BCUT2D eigenvalue weighted by Crippen LogP contribution is 2.37. The van der Waals surface area contributed by atoms with Gasteiger partial charge in [-0.05, 0) is 62.4 Å². The van der Waals surface area contributed by atoms with Crippen LogP contribution in [-0.2, 0) is 27.0 Å². The van der Waals surface area contributed by atoms with Crippen LogP contribution in [0.25, 0.3) is 0 Å². The fraction of sp³-hybridized carbons (Fsp3) is 0.429. The summed E-state index contributed by atoms with van der Waals surface area (Å²) >= 11 is 1.59. The highest BCUT2D eigenvalue weighted by molar-refractivity contribution is 7.10. The zero-order valence-electron chi connectivity index (χ0n) is 21.6. The Morgan fingerprint density at radius 2 is 1.79 bits per heavy atom. The monoisotopic (exact) mass is 558 g/mol. The zero-order chi connectivity index (χ0) is 28.2. The van der Waals surface area contributed by atoms with Gasteiger partial charge in [-0.3, -0.25) is 19.3 Å². The molecule has 2 aromatic rings. The van der Waals surface area contributed by atoms with Gasteiger partial charge in [-0.2, -0.15) is 18.4 Å². The van der Waals surface area contributed by atoms with Gasteiger partial charge in [0, 0.05) is 42.2 Å². The number of anilines is 1. The number of rotatable bonds is 9. The van der Waals surface area contributed by atoms with E-state index in [2.05, 4.69) is 4.90 Å². The minimum absolute atomic E-state index is 0.154. The lowest BCUT2D eigenvalue weighted by atomic mass is 10.0. The lowest BCUT2D eigenvalue weighted by molar-refractivity contribution is -0.138. The van der Waals surface area contributed by atoms with Gasteiger partial charge in [-0.1, -0.05) is 12.5 Å². The maximum atomic E-state index is 13.4. The van der Waals surface area contributed by atoms with E-state index in [1.54, 1.807) is 11.3 Å². The number of alkyl halides is 3. The number of amides is 3. The number of unbranched alkanes of at least 4 members (excludes halogenated alkanes) is 2. The van der Waals surface area contributed by atoms with Gasteiger partial charge in [0.05, 0.1) is 29.3 Å². The van der Waals surface area contributed by atoms with Crippen molar-refractivity contribution in [3.8, 4) is 6.07 Å². The summed E-state index contributed by atoms with van der Waals surface area (Å²) in [5.74, 6) is -1.10. The number of carbonyl (C=O) groups excluding carboxylic acids is 3. The van der Waals surface area contributed by atoms with Gasteiger partial charge in [-0.15, -0.1) is 11.3 Å². The Balaban J connectivity index is 1.23. The van der Waals surface area contributed by atoms with Crippen LogP contribution in [0.4, 0.5) is 18.9 Å². The summed E-state index contributed by atoms with van der Waals surface area (Å²) in [6.45, 7) is 5.42. The summed E-state index contributed by atoms with van der Waals surface area (Å²) in [4.78, 5) is 44.3. The first-order chi connectivity index (χ1) is 18.6. The fourth-order valence-electron chi connectivity index (χ4n) is 4.93. The third-order valence-corrected chi connectivity index (χ3v) is 8.03. The van der Waals surface area contributed by atoms with Crippen molar-refractivity contribution in [2.45, 2.75) is 45.2 Å². The van der Waals surface area contributed by atoms with Crippen LogP contribution in [0.2, 0.25) is 0 Å². The summed E-state index contributed by atoms with van der Waals surface area (Å²) in [5, 5.41) is 11.0. The molecule has 0 bridgehead atoms. The summed E-state index contributed by atoms with van der Waals surface area (Å²) in [6.07, 6.45) is -1.60. The number of nitriles is 1. The molecular formula is C28H29F3N4O3S. The van der Waals surface area contributed by atoms with Crippen LogP contribution in [0, 0.1) is 11.3 Å². The standard InChI is InChI=1S/C28H29F3N4O3S/c1-19-23(27(38)35(26(19)37)21-9-8-20(18-32)24(16-21)28(29,30)31)7-3-2-4-10-33-11-13-34(14-12-33)25(36)17-22-6-5-15-39-22/h5-6,8-9,15-16H,2-4,7,10-14,17H2,1H3. The summed E-state index contributed by atoms with van der Waals surface area (Å²) < 4.78 is 40.1. The second-order valence-corrected chi connectivity index (χ2v) is 10.7. The molecule has 1 fully saturated rings. The van der Waals surface area contributed by atoms with E-state index in [0.717, 1.165) is 48.3 Å². The van der Waals surface area contributed by atoms with Crippen LogP contribution in [0.3, 0.4) is 0 Å². The summed E-state index contributed by atoms with van der Waals surface area (Å²) in [5.41, 5.74) is -1.39. The van der Waals surface area contributed by atoms with Crippen molar-refractivity contribution in [1.29, 1.82) is 5.26 Å². The van der Waals surface area contributed by atoms with Gasteiger partial charge in [0.15, 0.2) is 0 Å². The van der Waals surface area contributed by atoms with Gasteiger partial charge < -0.3 is 4.90 Å². The third-order valence-electron chi connectivity index (χ3n) is 7.16. The van der Waals surface area contributed by atoms with Gasteiger partial charge in [0.2, 0.25) is 5.91 Å². The molecule has 7 nitrogen and oxygen atoms in total. The van der Waals surface area contributed by atoms with E-state index in [9.17, 15) is 27.6 Å². The Morgan fingerprint density at radius 1 is 1.05 bits per heavy atom. The molecule has 0 atom stereocenters. The van der Waals surface area contributed by atoms with Crippen molar-refractivity contribution >= 4 is 34.7 Å². The minimum atomic E-state index is -4.79. The second kappa shape index (κ2) is 12.1. The number of piperazine rings is 1. The smallest absolute Gasteiger partial charge is 0.340 e. The molecule has 3 amide bonds. The van der Waals surface area contributed by atoms with E-state index in [0.29, 0.717) is 44.0 Å². The van der Waals surface area contributed by atoms with Crippen LogP contribution in [-0.4, -0.2) is 60.2 Å². The van der Waals surface area contributed by atoms with E-state index in [-0.39, 0.29) is 17.2 Å². The first-order valence-corrected chi connectivity index (χ1v) is 13.7. The molecule has 1 aromatic heterocycles. The van der Waals surface area contributed by atoms with Crippen LogP contribution in [0.1, 0.15) is 48.6 Å². The molecule has 3 heterocycles. The number of carbonyl (C=O) groups is 3. The van der Waals surface area contributed by atoms with Crippen molar-refractivity contribution in [3.63, 3.8) is 0 Å². The quantitative estimate of drug-likeness (QED) is 0.327. The maximum absolute atomic E-state index is 13.4. The molecule has 0 N–H and O–H groups in total. The number of imide groups is 1. The summed E-state index contributed by atoms with van der Waals surface area (Å²) in [7, 11) is 0. The molecule has 0 unspecified atom stereocenters. The molecule has 0 aliphatic carbocycles. The molecule has 11 heteroatoms. The van der Waals surface area contributed by atoms with Crippen LogP contribution in [0.15, 0.2) is 46.9 Å². The molecule has 1 saturated heterocycles. The molecule has 39 heavy (non-hydrogen) atoms. The first kappa shape index (κ1) is 28.5.